The number of halogens is 2. The van der Waals surface area contributed by atoms with E-state index in [1.54, 1.807) is 0 Å². The SMILES string of the molecule is CCOc1ccc(Br)cc1C(Br)C1Cc2ccccc21. The van der Waals surface area contributed by atoms with Crippen molar-refractivity contribution < 1.29 is 4.74 Å². The molecule has 0 saturated heterocycles. The molecule has 0 aliphatic heterocycles. The van der Waals surface area contributed by atoms with Gasteiger partial charge in [-0.25, -0.2) is 0 Å². The zero-order valence-electron chi connectivity index (χ0n) is 11.3. The summed E-state index contributed by atoms with van der Waals surface area (Å²) in [4.78, 5) is 0.288. The zero-order valence-corrected chi connectivity index (χ0v) is 14.4. The molecule has 3 heteroatoms. The molecular weight excluding hydrogens is 380 g/mol. The summed E-state index contributed by atoms with van der Waals surface area (Å²) >= 11 is 7.45. The van der Waals surface area contributed by atoms with Gasteiger partial charge in [0.15, 0.2) is 0 Å². The van der Waals surface area contributed by atoms with E-state index in [9.17, 15) is 0 Å². The van der Waals surface area contributed by atoms with E-state index >= 15 is 0 Å². The predicted octanol–water partition coefficient (Wildman–Crippen LogP) is 5.62. The van der Waals surface area contributed by atoms with Crippen molar-refractivity contribution in [3.8, 4) is 5.75 Å². The van der Waals surface area contributed by atoms with E-state index in [4.69, 9.17) is 4.74 Å². The van der Waals surface area contributed by atoms with E-state index in [0.717, 1.165) is 16.6 Å². The molecule has 1 nitrogen and oxygen atoms in total. The van der Waals surface area contributed by atoms with Crippen molar-refractivity contribution in [3.05, 3.63) is 63.6 Å². The number of fused-ring (bicyclic) bond motifs is 1. The first-order valence-electron chi connectivity index (χ1n) is 6.84. The van der Waals surface area contributed by atoms with E-state index in [1.165, 1.54) is 16.7 Å². The first-order valence-corrected chi connectivity index (χ1v) is 8.55. The first kappa shape index (κ1) is 14.2. The van der Waals surface area contributed by atoms with Gasteiger partial charge < -0.3 is 4.74 Å². The second-order valence-electron chi connectivity index (χ2n) is 5.03. The molecule has 2 atom stereocenters. The molecule has 0 aromatic heterocycles. The topological polar surface area (TPSA) is 9.23 Å². The number of hydrogen-bond acceptors (Lipinski definition) is 1. The zero-order chi connectivity index (χ0) is 14.1. The fourth-order valence-corrected chi connectivity index (χ4v) is 4.01. The second kappa shape index (κ2) is 5.90. The molecule has 3 rings (SSSR count). The number of alkyl halides is 1. The largest absolute Gasteiger partial charge is 0.494 e. The van der Waals surface area contributed by atoms with Crippen molar-refractivity contribution in [3.63, 3.8) is 0 Å². The van der Waals surface area contributed by atoms with E-state index in [-0.39, 0.29) is 4.83 Å². The quantitative estimate of drug-likeness (QED) is 0.610. The molecule has 0 heterocycles. The molecule has 0 radical (unpaired) electrons. The van der Waals surface area contributed by atoms with Gasteiger partial charge >= 0.3 is 0 Å². The number of hydrogen-bond donors (Lipinski definition) is 0. The molecule has 1 aliphatic carbocycles. The van der Waals surface area contributed by atoms with Crippen molar-refractivity contribution in [1.29, 1.82) is 0 Å². The molecular formula is C17H16Br2O. The summed E-state index contributed by atoms with van der Waals surface area (Å²) in [5, 5.41) is 0. The molecule has 0 saturated carbocycles. The van der Waals surface area contributed by atoms with Gasteiger partial charge in [-0.2, -0.15) is 0 Å². The van der Waals surface area contributed by atoms with Crippen molar-refractivity contribution in [2.24, 2.45) is 0 Å². The number of ether oxygens (including phenoxy) is 1. The Morgan fingerprint density at radius 2 is 2.05 bits per heavy atom. The Labute approximate surface area is 136 Å². The van der Waals surface area contributed by atoms with Crippen molar-refractivity contribution in [2.75, 3.05) is 6.61 Å². The van der Waals surface area contributed by atoms with Crippen LogP contribution in [0.5, 0.6) is 5.75 Å². The van der Waals surface area contributed by atoms with E-state index in [2.05, 4.69) is 62.2 Å². The summed E-state index contributed by atoms with van der Waals surface area (Å²) < 4.78 is 6.86. The fourth-order valence-electron chi connectivity index (χ4n) is 2.80. The van der Waals surface area contributed by atoms with Crippen molar-refractivity contribution in [2.45, 2.75) is 24.1 Å². The Balaban J connectivity index is 1.92. The highest BCUT2D eigenvalue weighted by atomic mass is 79.9. The maximum atomic E-state index is 5.77. The minimum Gasteiger partial charge on any atom is -0.494 e. The third-order valence-electron chi connectivity index (χ3n) is 3.82. The Kier molecular flexibility index (Phi) is 4.18. The average Bonchev–Trinajstić information content (AvgIpc) is 2.42. The van der Waals surface area contributed by atoms with Crippen LogP contribution >= 0.6 is 31.9 Å². The molecule has 0 bridgehead atoms. The number of benzene rings is 2. The van der Waals surface area contributed by atoms with E-state index in [1.807, 2.05) is 19.1 Å². The molecule has 2 aromatic rings. The molecule has 0 spiro atoms. The third-order valence-corrected chi connectivity index (χ3v) is 5.44. The molecule has 2 aromatic carbocycles. The molecule has 0 N–H and O–H groups in total. The summed E-state index contributed by atoms with van der Waals surface area (Å²) in [6, 6.07) is 14.9. The van der Waals surface area contributed by atoms with Gasteiger partial charge in [-0.05, 0) is 42.7 Å². The van der Waals surface area contributed by atoms with Crippen LogP contribution in [-0.4, -0.2) is 6.61 Å². The van der Waals surface area contributed by atoms with Crippen LogP contribution in [0, 0.1) is 0 Å². The van der Waals surface area contributed by atoms with Crippen LogP contribution in [0.1, 0.15) is 34.4 Å². The smallest absolute Gasteiger partial charge is 0.123 e. The lowest BCUT2D eigenvalue weighted by atomic mass is 9.74. The van der Waals surface area contributed by atoms with Crippen LogP contribution in [0.4, 0.5) is 0 Å². The van der Waals surface area contributed by atoms with Gasteiger partial charge in [0, 0.05) is 16.0 Å². The molecule has 20 heavy (non-hydrogen) atoms. The maximum absolute atomic E-state index is 5.77. The highest BCUT2D eigenvalue weighted by Gasteiger charge is 2.33. The summed E-state index contributed by atoms with van der Waals surface area (Å²) in [6.45, 7) is 2.71. The van der Waals surface area contributed by atoms with Gasteiger partial charge in [-0.15, -0.1) is 0 Å². The van der Waals surface area contributed by atoms with Crippen LogP contribution < -0.4 is 4.74 Å². The van der Waals surface area contributed by atoms with Gasteiger partial charge in [-0.3, -0.25) is 0 Å². The molecule has 0 amide bonds. The number of rotatable bonds is 4. The summed E-state index contributed by atoms with van der Waals surface area (Å²) in [6.07, 6.45) is 1.13. The normalized spacial score (nSPS) is 18.1. The monoisotopic (exact) mass is 394 g/mol. The minimum absolute atomic E-state index is 0.288. The Morgan fingerprint density at radius 3 is 2.80 bits per heavy atom. The van der Waals surface area contributed by atoms with Crippen LogP contribution in [0.2, 0.25) is 0 Å². The van der Waals surface area contributed by atoms with E-state index < -0.39 is 0 Å². The van der Waals surface area contributed by atoms with Crippen LogP contribution in [-0.2, 0) is 6.42 Å². The fraction of sp³-hybridized carbons (Fsp3) is 0.294. The second-order valence-corrected chi connectivity index (χ2v) is 6.93. The highest BCUT2D eigenvalue weighted by Crippen LogP contribution is 2.50. The minimum atomic E-state index is 0.288. The standard InChI is InChI=1S/C17H16Br2O/c1-2-20-16-8-7-12(18)10-15(16)17(19)14-9-11-5-3-4-6-13(11)14/h3-8,10,14,17H,2,9H2,1H3. The van der Waals surface area contributed by atoms with Crippen molar-refractivity contribution in [1.82, 2.24) is 0 Å². The summed E-state index contributed by atoms with van der Waals surface area (Å²) in [5.74, 6) is 1.50. The van der Waals surface area contributed by atoms with Crippen molar-refractivity contribution >= 4 is 31.9 Å². The maximum Gasteiger partial charge on any atom is 0.123 e. The first-order chi connectivity index (χ1) is 9.70. The van der Waals surface area contributed by atoms with Gasteiger partial charge in [0.2, 0.25) is 0 Å². The highest BCUT2D eigenvalue weighted by molar-refractivity contribution is 9.10. The van der Waals surface area contributed by atoms with Gasteiger partial charge in [0.05, 0.1) is 11.4 Å². The third kappa shape index (κ3) is 2.53. The Morgan fingerprint density at radius 1 is 1.25 bits per heavy atom. The van der Waals surface area contributed by atoms with E-state index in [0.29, 0.717) is 12.5 Å². The predicted molar refractivity (Wildman–Crippen MR) is 89.9 cm³/mol. The molecule has 2 unspecified atom stereocenters. The lowest BCUT2D eigenvalue weighted by molar-refractivity contribution is 0.335. The van der Waals surface area contributed by atoms with Gasteiger partial charge in [-0.1, -0.05) is 56.1 Å². The van der Waals surface area contributed by atoms with Gasteiger partial charge in [0.1, 0.15) is 5.75 Å². The molecule has 0 fully saturated rings. The summed E-state index contributed by atoms with van der Waals surface area (Å²) in [5.41, 5.74) is 4.15. The lowest BCUT2D eigenvalue weighted by Gasteiger charge is -2.34. The van der Waals surface area contributed by atoms with Crippen LogP contribution in [0.25, 0.3) is 0 Å². The van der Waals surface area contributed by atoms with Crippen LogP contribution in [0.3, 0.4) is 0 Å². The van der Waals surface area contributed by atoms with Gasteiger partial charge in [0.25, 0.3) is 0 Å². The average molecular weight is 396 g/mol. The Hall–Kier alpha value is -0.800. The van der Waals surface area contributed by atoms with Crippen LogP contribution in [0.15, 0.2) is 46.9 Å². The summed E-state index contributed by atoms with van der Waals surface area (Å²) in [7, 11) is 0. The molecule has 1 aliphatic rings. The lowest BCUT2D eigenvalue weighted by Crippen LogP contribution is -2.21. The Bertz CT molecular complexity index is 624. The molecule has 104 valence electrons.